The first-order chi connectivity index (χ1) is 16.9. The van der Waals surface area contributed by atoms with Crippen molar-refractivity contribution in [3.63, 3.8) is 0 Å². The fourth-order valence-corrected chi connectivity index (χ4v) is 4.43. The van der Waals surface area contributed by atoms with Crippen LogP contribution in [-0.2, 0) is 32.1 Å². The van der Waals surface area contributed by atoms with Gasteiger partial charge in [0.2, 0.25) is 0 Å². The number of ether oxygens (including phenoxy) is 1. The van der Waals surface area contributed by atoms with E-state index in [-0.39, 0.29) is 18.2 Å². The number of rotatable bonds is 8. The molecule has 7 heteroatoms. The Bertz CT molecular complexity index is 1350. The van der Waals surface area contributed by atoms with Crippen LogP contribution in [-0.4, -0.2) is 34.6 Å². The van der Waals surface area contributed by atoms with Crippen molar-refractivity contribution in [2.24, 2.45) is 5.16 Å². The third-order valence-corrected chi connectivity index (χ3v) is 6.08. The maximum absolute atomic E-state index is 13.1. The first kappa shape index (κ1) is 24.1. The van der Waals surface area contributed by atoms with Gasteiger partial charge in [0.25, 0.3) is 0 Å². The predicted molar refractivity (Wildman–Crippen MR) is 134 cm³/mol. The molecule has 7 nitrogen and oxygen atoms in total. The van der Waals surface area contributed by atoms with E-state index in [0.717, 1.165) is 40.6 Å². The van der Waals surface area contributed by atoms with Crippen molar-refractivity contribution >= 4 is 40.4 Å². The van der Waals surface area contributed by atoms with E-state index < -0.39 is 5.97 Å². The quantitative estimate of drug-likeness (QED) is 0.150. The molecule has 0 fully saturated rings. The van der Waals surface area contributed by atoms with Crippen molar-refractivity contribution in [3.05, 3.63) is 76.5 Å². The number of esters is 1. The lowest BCUT2D eigenvalue weighted by Gasteiger charge is -2.17. The van der Waals surface area contributed by atoms with E-state index in [2.05, 4.69) is 9.72 Å². The van der Waals surface area contributed by atoms with Gasteiger partial charge in [0.05, 0.1) is 18.7 Å². The molecule has 2 aromatic carbocycles. The molecular formula is C28H28N2O5. The Morgan fingerprint density at radius 1 is 1.00 bits per heavy atom. The highest BCUT2D eigenvalue weighted by Crippen LogP contribution is 2.35. The van der Waals surface area contributed by atoms with Gasteiger partial charge < -0.3 is 14.1 Å². The van der Waals surface area contributed by atoms with E-state index in [4.69, 9.17) is 9.57 Å². The summed E-state index contributed by atoms with van der Waals surface area (Å²) in [5, 5.41) is 4.88. The highest BCUT2D eigenvalue weighted by molar-refractivity contribution is 6.12. The standard InChI is InChI=1S/C28H28N2O5/c1-4-34-27(32)14-15-30-25-12-10-21(18(2)29-35-19(3)31)16-23(25)24-17-22(11-13-26(24)30)28(33)20-8-6-5-7-9-20/h5-9,11,13,16-17H,4,10,12,14-15H2,1-3H3/b29-18-. The van der Waals surface area contributed by atoms with Crippen LogP contribution in [0.5, 0.6) is 0 Å². The lowest BCUT2D eigenvalue weighted by atomic mass is 9.92. The lowest BCUT2D eigenvalue weighted by Crippen LogP contribution is -2.13. The van der Waals surface area contributed by atoms with E-state index in [9.17, 15) is 14.4 Å². The van der Waals surface area contributed by atoms with Crippen molar-refractivity contribution < 1.29 is 24.0 Å². The summed E-state index contributed by atoms with van der Waals surface area (Å²) < 4.78 is 7.27. The molecule has 3 aromatic rings. The van der Waals surface area contributed by atoms with Crippen LogP contribution in [0.2, 0.25) is 0 Å². The van der Waals surface area contributed by atoms with Crippen LogP contribution < -0.4 is 0 Å². The van der Waals surface area contributed by atoms with Crippen LogP contribution in [0.1, 0.15) is 60.8 Å². The Labute approximate surface area is 204 Å². The first-order valence-corrected chi connectivity index (χ1v) is 11.7. The summed E-state index contributed by atoms with van der Waals surface area (Å²) in [6.07, 6.45) is 3.75. The number of oxime groups is 1. The number of allylic oxidation sites excluding steroid dienone is 1. The number of hydrogen-bond acceptors (Lipinski definition) is 6. The van der Waals surface area contributed by atoms with Gasteiger partial charge in [0.15, 0.2) is 5.78 Å². The Kier molecular flexibility index (Phi) is 7.25. The average Bonchev–Trinajstić information content (AvgIpc) is 3.18. The third-order valence-electron chi connectivity index (χ3n) is 6.08. The minimum atomic E-state index is -0.471. The monoisotopic (exact) mass is 472 g/mol. The van der Waals surface area contributed by atoms with Gasteiger partial charge in [-0.2, -0.15) is 0 Å². The Morgan fingerprint density at radius 3 is 2.49 bits per heavy atom. The molecule has 0 bridgehead atoms. The Morgan fingerprint density at radius 2 is 1.77 bits per heavy atom. The van der Waals surface area contributed by atoms with Crippen molar-refractivity contribution in [2.75, 3.05) is 6.61 Å². The molecule has 0 saturated carbocycles. The minimum Gasteiger partial charge on any atom is -0.466 e. The molecule has 0 spiro atoms. The smallest absolute Gasteiger partial charge is 0.331 e. The summed E-state index contributed by atoms with van der Waals surface area (Å²) >= 11 is 0. The minimum absolute atomic E-state index is 0.0480. The molecule has 1 heterocycles. The van der Waals surface area contributed by atoms with Gasteiger partial charge in [-0.05, 0) is 56.5 Å². The molecule has 0 radical (unpaired) electrons. The van der Waals surface area contributed by atoms with E-state index >= 15 is 0 Å². The summed E-state index contributed by atoms with van der Waals surface area (Å²) in [5.41, 5.74) is 5.86. The zero-order chi connectivity index (χ0) is 24.9. The van der Waals surface area contributed by atoms with Crippen LogP contribution in [0.25, 0.3) is 17.0 Å². The zero-order valence-electron chi connectivity index (χ0n) is 20.2. The summed E-state index contributed by atoms with van der Waals surface area (Å²) in [6.45, 7) is 5.75. The third kappa shape index (κ3) is 5.24. The van der Waals surface area contributed by atoms with Gasteiger partial charge in [-0.3, -0.25) is 9.59 Å². The lowest BCUT2D eigenvalue weighted by molar-refractivity contribution is -0.143. The molecule has 1 aromatic heterocycles. The van der Waals surface area contributed by atoms with E-state index in [1.165, 1.54) is 6.92 Å². The number of nitrogens with zero attached hydrogens (tertiary/aromatic N) is 2. The van der Waals surface area contributed by atoms with Gasteiger partial charge in [-0.25, -0.2) is 4.79 Å². The number of benzene rings is 2. The summed E-state index contributed by atoms with van der Waals surface area (Å²) in [5.74, 6) is -0.760. The number of carbonyl (C=O) groups is 3. The van der Waals surface area contributed by atoms with Crippen molar-refractivity contribution in [3.8, 4) is 0 Å². The topological polar surface area (TPSA) is 87.0 Å². The molecule has 35 heavy (non-hydrogen) atoms. The fourth-order valence-electron chi connectivity index (χ4n) is 4.43. The SMILES string of the molecule is CCOC(=O)CCn1c2c(c3cc(C(=O)c4ccccc4)ccc31)C=C(/C(C)=N\OC(C)=O)CC2. The van der Waals surface area contributed by atoms with Gasteiger partial charge in [-0.15, -0.1) is 0 Å². The molecular weight excluding hydrogens is 444 g/mol. The highest BCUT2D eigenvalue weighted by Gasteiger charge is 2.23. The largest absolute Gasteiger partial charge is 0.466 e. The summed E-state index contributed by atoms with van der Waals surface area (Å²) in [7, 11) is 0. The maximum Gasteiger partial charge on any atom is 0.331 e. The normalized spacial score (nSPS) is 13.2. The first-order valence-electron chi connectivity index (χ1n) is 11.7. The van der Waals surface area contributed by atoms with Crippen LogP contribution in [0.4, 0.5) is 0 Å². The van der Waals surface area contributed by atoms with Crippen LogP contribution in [0.3, 0.4) is 0 Å². The number of ketones is 1. The molecule has 0 unspecified atom stereocenters. The molecule has 1 aliphatic rings. The second kappa shape index (κ2) is 10.5. The number of aromatic nitrogens is 1. The van der Waals surface area contributed by atoms with Gasteiger partial charge in [-0.1, -0.05) is 35.5 Å². The summed E-state index contributed by atoms with van der Waals surface area (Å²) in [6, 6.07) is 14.9. The molecule has 4 rings (SSSR count). The van der Waals surface area contributed by atoms with Crippen molar-refractivity contribution in [2.45, 2.75) is 46.6 Å². The second-order valence-electron chi connectivity index (χ2n) is 8.42. The average molecular weight is 473 g/mol. The van der Waals surface area contributed by atoms with Gasteiger partial charge in [0.1, 0.15) is 0 Å². The molecule has 0 atom stereocenters. The van der Waals surface area contributed by atoms with Crippen LogP contribution in [0, 0.1) is 0 Å². The molecule has 0 amide bonds. The number of fused-ring (bicyclic) bond motifs is 3. The van der Waals surface area contributed by atoms with Gasteiger partial charge in [0, 0.05) is 46.8 Å². The number of aryl methyl sites for hydroxylation is 1. The Hall–Kier alpha value is -4.00. The second-order valence-corrected chi connectivity index (χ2v) is 8.42. The van der Waals surface area contributed by atoms with E-state index in [1.54, 1.807) is 19.1 Å². The van der Waals surface area contributed by atoms with Crippen molar-refractivity contribution in [1.82, 2.24) is 4.57 Å². The fraction of sp³-hybridized carbons (Fsp3) is 0.286. The molecule has 0 saturated heterocycles. The van der Waals surface area contributed by atoms with Crippen LogP contribution in [0.15, 0.2) is 59.3 Å². The molecule has 180 valence electrons. The van der Waals surface area contributed by atoms with Crippen molar-refractivity contribution in [1.29, 1.82) is 0 Å². The predicted octanol–water partition coefficient (Wildman–Crippen LogP) is 5.09. The van der Waals surface area contributed by atoms with E-state index in [0.29, 0.717) is 30.0 Å². The zero-order valence-corrected chi connectivity index (χ0v) is 20.2. The highest BCUT2D eigenvalue weighted by atomic mass is 16.7. The summed E-state index contributed by atoms with van der Waals surface area (Å²) in [4.78, 5) is 41.2. The van der Waals surface area contributed by atoms with Gasteiger partial charge >= 0.3 is 11.9 Å². The van der Waals surface area contributed by atoms with E-state index in [1.807, 2.05) is 49.4 Å². The Balaban J connectivity index is 1.80. The molecule has 0 aliphatic heterocycles. The molecule has 1 aliphatic carbocycles. The van der Waals surface area contributed by atoms with Crippen LogP contribution >= 0.6 is 0 Å². The number of hydrogen-bond donors (Lipinski definition) is 0. The number of carbonyl (C=O) groups excluding carboxylic acids is 3. The maximum atomic E-state index is 13.1. The molecule has 0 N–H and O–H groups in total.